The molecule has 13 nitrogen and oxygen atoms in total. The normalized spacial score (nSPS) is 20.1. The number of aromatic nitrogens is 4. The van der Waals surface area contributed by atoms with Crippen molar-refractivity contribution < 1.29 is 24.0 Å². The summed E-state index contributed by atoms with van der Waals surface area (Å²) in [7, 11) is 1.58. The first-order chi connectivity index (χ1) is 24.4. The first kappa shape index (κ1) is 31.6. The van der Waals surface area contributed by atoms with Crippen LogP contribution in [-0.2, 0) is 12.0 Å². The number of piperidine rings is 3. The Hall–Kier alpha value is -5.66. The van der Waals surface area contributed by atoms with Crippen LogP contribution in [0.4, 0.5) is 17.5 Å². The van der Waals surface area contributed by atoms with Gasteiger partial charge in [-0.25, -0.2) is 4.98 Å². The zero-order chi connectivity index (χ0) is 34.2. The summed E-state index contributed by atoms with van der Waals surface area (Å²) in [5.74, 6) is 1.57. The first-order valence-corrected chi connectivity index (χ1v) is 16.7. The van der Waals surface area contributed by atoms with E-state index in [1.807, 2.05) is 42.5 Å². The van der Waals surface area contributed by atoms with Gasteiger partial charge in [0.2, 0.25) is 5.95 Å². The van der Waals surface area contributed by atoms with Crippen molar-refractivity contribution in [1.82, 2.24) is 29.9 Å². The van der Waals surface area contributed by atoms with E-state index in [0.29, 0.717) is 45.7 Å². The average molecular weight is 673 g/mol. The molecule has 9 rings (SSSR count). The molecule has 0 radical (unpaired) electrons. The smallest absolute Gasteiger partial charge is 0.263 e. The molecular formula is C37H36N8O5. The van der Waals surface area contributed by atoms with Crippen LogP contribution in [0.25, 0.3) is 11.5 Å². The fraction of sp³-hybridized carbons (Fsp3) is 0.297. The molecule has 13 heteroatoms. The number of methoxy groups -OCH3 is 1. The third kappa shape index (κ3) is 5.84. The molecule has 50 heavy (non-hydrogen) atoms. The molecule has 3 saturated heterocycles. The third-order valence-corrected chi connectivity index (χ3v) is 10.1. The van der Waals surface area contributed by atoms with Crippen LogP contribution in [0.15, 0.2) is 83.5 Å². The van der Waals surface area contributed by atoms with Crippen LogP contribution >= 0.6 is 0 Å². The van der Waals surface area contributed by atoms with Crippen LogP contribution in [0, 0.1) is 0 Å². The van der Waals surface area contributed by atoms with Gasteiger partial charge in [-0.1, -0.05) is 47.6 Å². The highest BCUT2D eigenvalue weighted by molar-refractivity contribution is 6.21. The molecule has 0 saturated carbocycles. The number of nitrogens with zero attached hydrogens (tertiary/aromatic N) is 6. The highest BCUT2D eigenvalue weighted by Gasteiger charge is 2.44. The molecule has 254 valence electrons. The van der Waals surface area contributed by atoms with Gasteiger partial charge < -0.3 is 29.9 Å². The van der Waals surface area contributed by atoms with Gasteiger partial charge in [0.15, 0.2) is 5.82 Å². The summed E-state index contributed by atoms with van der Waals surface area (Å²) < 4.78 is 11.1. The molecule has 2 aromatic heterocycles. The summed E-state index contributed by atoms with van der Waals surface area (Å²) >= 11 is 0. The Morgan fingerprint density at radius 2 is 1.66 bits per heavy atom. The Morgan fingerprint density at radius 3 is 2.38 bits per heavy atom. The fourth-order valence-corrected chi connectivity index (χ4v) is 7.06. The van der Waals surface area contributed by atoms with Gasteiger partial charge in [-0.2, -0.15) is 9.97 Å². The van der Waals surface area contributed by atoms with E-state index in [-0.39, 0.29) is 36.3 Å². The van der Waals surface area contributed by atoms with E-state index in [4.69, 9.17) is 19.2 Å². The minimum absolute atomic E-state index is 0.0965. The zero-order valence-corrected chi connectivity index (χ0v) is 27.5. The van der Waals surface area contributed by atoms with Crippen LogP contribution in [0.1, 0.15) is 63.0 Å². The van der Waals surface area contributed by atoms with E-state index in [1.54, 1.807) is 43.6 Å². The Morgan fingerprint density at radius 1 is 0.920 bits per heavy atom. The lowest BCUT2D eigenvalue weighted by atomic mass is 9.71. The molecule has 3 fully saturated rings. The van der Waals surface area contributed by atoms with Gasteiger partial charge in [-0.3, -0.25) is 14.5 Å². The molecule has 6 heterocycles. The van der Waals surface area contributed by atoms with Crippen molar-refractivity contribution in [3.63, 3.8) is 0 Å². The number of benzene rings is 3. The van der Waals surface area contributed by atoms with Crippen molar-refractivity contribution in [3.8, 4) is 17.2 Å². The highest BCUT2D eigenvalue weighted by Crippen LogP contribution is 2.42. The number of aliphatic hydroxyl groups excluding tert-OH is 1. The Balaban J connectivity index is 1.07. The van der Waals surface area contributed by atoms with Gasteiger partial charge in [0.1, 0.15) is 17.1 Å². The third-order valence-electron chi connectivity index (χ3n) is 10.1. The number of ether oxygens (including phenoxy) is 1. The van der Waals surface area contributed by atoms with Crippen molar-refractivity contribution >= 4 is 29.3 Å². The number of carbonyl (C=O) groups excluding carboxylic acids is 2. The number of fused-ring (bicyclic) bond motifs is 4. The van der Waals surface area contributed by atoms with E-state index in [9.17, 15) is 14.7 Å². The van der Waals surface area contributed by atoms with Crippen LogP contribution in [0.5, 0.6) is 5.75 Å². The van der Waals surface area contributed by atoms with Gasteiger partial charge in [0.05, 0.1) is 37.4 Å². The predicted octanol–water partition coefficient (Wildman–Crippen LogP) is 4.96. The summed E-state index contributed by atoms with van der Waals surface area (Å²) in [6.45, 7) is 3.03. The van der Waals surface area contributed by atoms with Gasteiger partial charge in [-0.05, 0) is 80.4 Å². The molecule has 2 bridgehead atoms. The van der Waals surface area contributed by atoms with Gasteiger partial charge in [-0.15, -0.1) is 0 Å². The van der Waals surface area contributed by atoms with Crippen molar-refractivity contribution in [3.05, 3.63) is 107 Å². The molecule has 4 aliphatic heterocycles. The molecule has 4 aliphatic rings. The monoisotopic (exact) mass is 672 g/mol. The van der Waals surface area contributed by atoms with Crippen LogP contribution < -0.4 is 15.4 Å². The highest BCUT2D eigenvalue weighted by atomic mass is 16.5. The number of aliphatic hydroxyl groups is 1. The van der Waals surface area contributed by atoms with Gasteiger partial charge >= 0.3 is 0 Å². The van der Waals surface area contributed by atoms with E-state index < -0.39 is 6.04 Å². The number of hydrogen-bond donors (Lipinski definition) is 3. The standard InChI is InChI=1S/C37H36N8O5/c1-49-26-10-7-23(8-11-26)21-45-33(47)27-12-9-25(19-28(27)34(45)48)39-36-38-20-29(31(41-36)40-30(22-46)24-5-3-2-4-6-24)32-42-35(43-50-32)37-13-16-44(17-14-37)18-15-37/h2-12,19-20,30,46H,13-18,21-22H2,1H3,(H2,38,39,40,41)/t30-/m1/s1. The number of imide groups is 1. The van der Waals surface area contributed by atoms with Crippen LogP contribution in [-0.4, -0.2) is 80.2 Å². The van der Waals surface area contributed by atoms with Crippen molar-refractivity contribution in [2.75, 3.05) is 44.0 Å². The first-order valence-electron chi connectivity index (χ1n) is 16.7. The number of carbonyl (C=O) groups is 2. The molecule has 5 aromatic rings. The van der Waals surface area contributed by atoms with Crippen LogP contribution in [0.3, 0.4) is 0 Å². The molecule has 0 aliphatic carbocycles. The van der Waals surface area contributed by atoms with Crippen molar-refractivity contribution in [2.45, 2.75) is 37.3 Å². The maximum Gasteiger partial charge on any atom is 0.263 e. The molecular weight excluding hydrogens is 636 g/mol. The minimum Gasteiger partial charge on any atom is -0.497 e. The maximum absolute atomic E-state index is 13.4. The summed E-state index contributed by atoms with van der Waals surface area (Å²) in [6, 6.07) is 21.3. The van der Waals surface area contributed by atoms with E-state index in [1.165, 1.54) is 4.90 Å². The lowest BCUT2D eigenvalue weighted by Crippen LogP contribution is -2.51. The van der Waals surface area contributed by atoms with E-state index in [2.05, 4.69) is 25.7 Å². The predicted molar refractivity (Wildman–Crippen MR) is 184 cm³/mol. The SMILES string of the molecule is COc1ccc(CN2C(=O)c3ccc(Nc4ncc(-c5nc(C67CCN(CC6)CC7)no5)c(N[C@H](CO)c5ccccc5)n4)cc3C2=O)cc1. The molecule has 3 N–H and O–H groups in total. The number of amides is 2. The fourth-order valence-electron chi connectivity index (χ4n) is 7.06. The van der Waals surface area contributed by atoms with E-state index >= 15 is 0 Å². The minimum atomic E-state index is -0.485. The summed E-state index contributed by atoms with van der Waals surface area (Å²) in [4.78, 5) is 44.5. The largest absolute Gasteiger partial charge is 0.497 e. The van der Waals surface area contributed by atoms with Crippen molar-refractivity contribution in [2.24, 2.45) is 0 Å². The summed E-state index contributed by atoms with van der Waals surface area (Å²) in [5, 5.41) is 21.4. The Bertz CT molecular complexity index is 2030. The summed E-state index contributed by atoms with van der Waals surface area (Å²) in [6.07, 6.45) is 4.58. The van der Waals surface area contributed by atoms with Crippen LogP contribution in [0.2, 0.25) is 0 Å². The Labute approximate surface area is 288 Å². The van der Waals surface area contributed by atoms with Crippen molar-refractivity contribution in [1.29, 1.82) is 0 Å². The molecule has 0 unspecified atom stereocenters. The zero-order valence-electron chi connectivity index (χ0n) is 27.5. The van der Waals surface area contributed by atoms with E-state index in [0.717, 1.165) is 50.0 Å². The lowest BCUT2D eigenvalue weighted by Gasteiger charge is -2.46. The average Bonchev–Trinajstić information content (AvgIpc) is 3.76. The topological polar surface area (TPSA) is 159 Å². The number of hydrogen-bond acceptors (Lipinski definition) is 12. The quantitative estimate of drug-likeness (QED) is 0.162. The number of anilines is 3. The lowest BCUT2D eigenvalue weighted by molar-refractivity contribution is 0.0642. The summed E-state index contributed by atoms with van der Waals surface area (Å²) in [5.41, 5.74) is 3.23. The second kappa shape index (κ2) is 13.0. The molecule has 1 atom stereocenters. The number of nitrogens with one attached hydrogen (secondary N) is 2. The molecule has 3 aromatic carbocycles. The molecule has 2 amide bonds. The molecule has 0 spiro atoms. The second-order valence-corrected chi connectivity index (χ2v) is 13.0. The Kier molecular flexibility index (Phi) is 8.21. The van der Waals surface area contributed by atoms with Gasteiger partial charge in [0, 0.05) is 17.3 Å². The second-order valence-electron chi connectivity index (χ2n) is 13.0. The van der Waals surface area contributed by atoms with Gasteiger partial charge in [0.25, 0.3) is 17.7 Å². The maximum atomic E-state index is 13.4. The number of rotatable bonds is 11.